The van der Waals surface area contributed by atoms with Gasteiger partial charge >= 0.3 is 0 Å². The summed E-state index contributed by atoms with van der Waals surface area (Å²) in [5.74, 6) is 2.22. The number of anilines is 1. The number of hydrogen-bond acceptors (Lipinski definition) is 8. The second kappa shape index (κ2) is 9.57. The lowest BCUT2D eigenvalue weighted by Crippen LogP contribution is -2.22. The molecule has 3 aromatic heterocycles. The molecule has 0 fully saturated rings. The number of furan rings is 1. The van der Waals surface area contributed by atoms with Crippen molar-refractivity contribution in [3.05, 3.63) is 65.2 Å². The van der Waals surface area contributed by atoms with Gasteiger partial charge in [0.25, 0.3) is 5.91 Å². The van der Waals surface area contributed by atoms with Gasteiger partial charge in [-0.05, 0) is 51.1 Å². The zero-order valence-electron chi connectivity index (χ0n) is 19.2. The molecule has 0 aliphatic heterocycles. The average Bonchev–Trinajstić information content (AvgIpc) is 3.41. The monoisotopic (exact) mass is 461 g/mol. The number of nitrogens with zero attached hydrogens (tertiary/aromatic N) is 4. The van der Waals surface area contributed by atoms with E-state index in [-0.39, 0.29) is 23.7 Å². The van der Waals surface area contributed by atoms with Crippen LogP contribution >= 0.6 is 0 Å². The molecule has 0 aliphatic carbocycles. The van der Waals surface area contributed by atoms with Gasteiger partial charge in [-0.15, -0.1) is 0 Å². The second-order valence-corrected chi connectivity index (χ2v) is 7.52. The van der Waals surface area contributed by atoms with Gasteiger partial charge in [-0.3, -0.25) is 9.59 Å². The smallest absolute Gasteiger partial charge is 0.263 e. The Balaban J connectivity index is 1.61. The number of aryl methyl sites for hydroxylation is 3. The van der Waals surface area contributed by atoms with Crippen LogP contribution in [0.15, 0.2) is 46.9 Å². The molecule has 0 saturated heterocycles. The van der Waals surface area contributed by atoms with Gasteiger partial charge in [-0.1, -0.05) is 6.07 Å². The molecule has 0 radical (unpaired) electrons. The Hall–Kier alpha value is -4.47. The minimum absolute atomic E-state index is 0.188. The summed E-state index contributed by atoms with van der Waals surface area (Å²) in [7, 11) is 1.45. The number of carbonyl (C=O) groups is 2. The van der Waals surface area contributed by atoms with E-state index in [4.69, 9.17) is 13.9 Å². The summed E-state index contributed by atoms with van der Waals surface area (Å²) in [6.45, 7) is 5.24. The number of carbonyl (C=O) groups excluding carboxylic acids is 2. The van der Waals surface area contributed by atoms with E-state index >= 15 is 0 Å². The third-order valence-electron chi connectivity index (χ3n) is 4.87. The molecule has 3 heterocycles. The van der Waals surface area contributed by atoms with Crippen LogP contribution in [0, 0.1) is 20.8 Å². The standard InChI is InChI=1S/C24H23N5O5/c1-14-10-15(2)29(28-14)21-11-20(26-24(27-21)19-9-8-16(3)34-19)25-22(31)13-33-23-17(12-30)6-5-7-18(23)32-4/h5-12H,13H2,1-4H3,(H,25,26,27,31). The minimum Gasteiger partial charge on any atom is -0.493 e. The number of nitrogens with one attached hydrogen (secondary N) is 1. The number of hydrogen-bond donors (Lipinski definition) is 1. The van der Waals surface area contributed by atoms with Crippen molar-refractivity contribution in [2.24, 2.45) is 0 Å². The molecule has 10 heteroatoms. The molecule has 4 aromatic rings. The lowest BCUT2D eigenvalue weighted by atomic mass is 10.2. The highest BCUT2D eigenvalue weighted by atomic mass is 16.5. The number of aldehydes is 1. The Morgan fingerprint density at radius 3 is 2.62 bits per heavy atom. The Bertz CT molecular complexity index is 1360. The largest absolute Gasteiger partial charge is 0.493 e. The van der Waals surface area contributed by atoms with Crippen molar-refractivity contribution in [3.8, 4) is 28.9 Å². The fourth-order valence-electron chi connectivity index (χ4n) is 3.39. The molecule has 10 nitrogen and oxygen atoms in total. The third-order valence-corrected chi connectivity index (χ3v) is 4.87. The molecule has 0 unspecified atom stereocenters. The zero-order chi connectivity index (χ0) is 24.2. The van der Waals surface area contributed by atoms with Gasteiger partial charge in [-0.2, -0.15) is 5.10 Å². The zero-order valence-corrected chi connectivity index (χ0v) is 19.2. The Kier molecular flexibility index (Phi) is 6.39. The molecule has 0 spiro atoms. The first-order chi connectivity index (χ1) is 16.4. The molecule has 4 rings (SSSR count). The molecule has 0 bridgehead atoms. The van der Waals surface area contributed by atoms with E-state index in [0.29, 0.717) is 35.2 Å². The van der Waals surface area contributed by atoms with Gasteiger partial charge < -0.3 is 19.2 Å². The third kappa shape index (κ3) is 4.80. The van der Waals surface area contributed by atoms with Crippen LogP contribution < -0.4 is 14.8 Å². The lowest BCUT2D eigenvalue weighted by molar-refractivity contribution is -0.118. The molecule has 174 valence electrons. The number of aromatic nitrogens is 4. The summed E-state index contributed by atoms with van der Waals surface area (Å²) in [5, 5.41) is 7.18. The van der Waals surface area contributed by atoms with E-state index in [1.807, 2.05) is 26.8 Å². The maximum Gasteiger partial charge on any atom is 0.263 e. The first kappa shape index (κ1) is 22.7. The van der Waals surface area contributed by atoms with Crippen LogP contribution in [-0.2, 0) is 4.79 Å². The molecule has 1 aromatic carbocycles. The van der Waals surface area contributed by atoms with Crippen molar-refractivity contribution in [1.29, 1.82) is 0 Å². The highest BCUT2D eigenvalue weighted by molar-refractivity contribution is 5.91. The maximum absolute atomic E-state index is 12.7. The summed E-state index contributed by atoms with van der Waals surface area (Å²) < 4.78 is 18.2. The fraction of sp³-hybridized carbons (Fsp3) is 0.208. The second-order valence-electron chi connectivity index (χ2n) is 7.52. The van der Waals surface area contributed by atoms with Gasteiger partial charge in [0.2, 0.25) is 0 Å². The van der Waals surface area contributed by atoms with Gasteiger partial charge in [0.15, 0.2) is 41.8 Å². The number of benzene rings is 1. The van der Waals surface area contributed by atoms with Crippen LogP contribution in [-0.4, -0.2) is 45.7 Å². The van der Waals surface area contributed by atoms with Crippen LogP contribution in [0.3, 0.4) is 0 Å². The predicted molar refractivity (Wildman–Crippen MR) is 124 cm³/mol. The molecule has 0 saturated carbocycles. The number of ether oxygens (including phenoxy) is 2. The van der Waals surface area contributed by atoms with Crippen LogP contribution in [0.4, 0.5) is 5.82 Å². The molecule has 0 aliphatic rings. The summed E-state index contributed by atoms with van der Waals surface area (Å²) in [4.78, 5) is 33.0. The van der Waals surface area contributed by atoms with Gasteiger partial charge in [0.1, 0.15) is 11.6 Å². The molecule has 1 amide bonds. The molecule has 34 heavy (non-hydrogen) atoms. The predicted octanol–water partition coefficient (Wildman–Crippen LogP) is 3.69. The van der Waals surface area contributed by atoms with Crippen molar-refractivity contribution in [3.63, 3.8) is 0 Å². The maximum atomic E-state index is 12.7. The summed E-state index contributed by atoms with van der Waals surface area (Å²) in [6.07, 6.45) is 0.637. The molecular weight excluding hydrogens is 438 g/mol. The summed E-state index contributed by atoms with van der Waals surface area (Å²) in [5.41, 5.74) is 1.97. The van der Waals surface area contributed by atoms with E-state index in [1.165, 1.54) is 7.11 Å². The van der Waals surface area contributed by atoms with Gasteiger partial charge in [-0.25, -0.2) is 14.6 Å². The topological polar surface area (TPSA) is 121 Å². The van der Waals surface area contributed by atoms with Crippen molar-refractivity contribution >= 4 is 18.0 Å². The van der Waals surface area contributed by atoms with E-state index in [0.717, 1.165) is 11.4 Å². The number of rotatable bonds is 8. The fourth-order valence-corrected chi connectivity index (χ4v) is 3.39. The first-order valence-electron chi connectivity index (χ1n) is 10.4. The molecule has 1 N–H and O–H groups in total. The number of methoxy groups -OCH3 is 1. The van der Waals surface area contributed by atoms with Crippen molar-refractivity contribution in [2.75, 3.05) is 19.0 Å². The Morgan fingerprint density at radius 2 is 1.97 bits per heavy atom. The van der Waals surface area contributed by atoms with Crippen molar-refractivity contribution in [2.45, 2.75) is 20.8 Å². The minimum atomic E-state index is -0.484. The number of amides is 1. The average molecular weight is 461 g/mol. The molecular formula is C24H23N5O5. The van der Waals surface area contributed by atoms with Gasteiger partial charge in [0.05, 0.1) is 18.4 Å². The van der Waals surface area contributed by atoms with Gasteiger partial charge in [0, 0.05) is 11.8 Å². The van der Waals surface area contributed by atoms with Crippen LogP contribution in [0.2, 0.25) is 0 Å². The van der Waals surface area contributed by atoms with Crippen molar-refractivity contribution in [1.82, 2.24) is 19.7 Å². The van der Waals surface area contributed by atoms with E-state index in [1.54, 1.807) is 41.1 Å². The highest BCUT2D eigenvalue weighted by Gasteiger charge is 2.16. The highest BCUT2D eigenvalue weighted by Crippen LogP contribution is 2.30. The molecule has 0 atom stereocenters. The number of para-hydroxylation sites is 1. The lowest BCUT2D eigenvalue weighted by Gasteiger charge is -2.13. The van der Waals surface area contributed by atoms with Crippen molar-refractivity contribution < 1.29 is 23.5 Å². The quantitative estimate of drug-likeness (QED) is 0.394. The van der Waals surface area contributed by atoms with E-state index < -0.39 is 5.91 Å². The van der Waals surface area contributed by atoms with Crippen LogP contribution in [0.25, 0.3) is 17.4 Å². The normalized spacial score (nSPS) is 10.7. The summed E-state index contributed by atoms with van der Waals surface area (Å²) in [6, 6.07) is 12.0. The Morgan fingerprint density at radius 1 is 1.15 bits per heavy atom. The van der Waals surface area contributed by atoms with Crippen LogP contribution in [0.5, 0.6) is 11.5 Å². The van der Waals surface area contributed by atoms with E-state index in [2.05, 4.69) is 20.4 Å². The van der Waals surface area contributed by atoms with Crippen LogP contribution in [0.1, 0.15) is 27.5 Å². The SMILES string of the molecule is COc1cccc(C=O)c1OCC(=O)Nc1cc(-n2nc(C)cc2C)nc(-c2ccc(C)o2)n1. The first-order valence-corrected chi connectivity index (χ1v) is 10.4. The Labute approximate surface area is 195 Å². The van der Waals surface area contributed by atoms with E-state index in [9.17, 15) is 9.59 Å². The summed E-state index contributed by atoms with van der Waals surface area (Å²) >= 11 is 0.